The first-order valence-electron chi connectivity index (χ1n) is 4.34. The molecule has 0 fully saturated rings. The number of aromatic hydroxyl groups is 1. The SMILES string of the molecule is Oc1ccc(N2C=CC=CC2Cl)cc1. The summed E-state index contributed by atoms with van der Waals surface area (Å²) < 4.78 is 0. The van der Waals surface area contributed by atoms with Crippen molar-refractivity contribution in [2.45, 2.75) is 5.50 Å². The molecule has 1 atom stereocenters. The third-order valence-corrected chi connectivity index (χ3v) is 2.40. The zero-order valence-corrected chi connectivity index (χ0v) is 8.22. The molecular formula is C11H10ClNO. The minimum Gasteiger partial charge on any atom is -0.508 e. The van der Waals surface area contributed by atoms with Crippen molar-refractivity contribution >= 4 is 17.3 Å². The van der Waals surface area contributed by atoms with Crippen LogP contribution in [0.1, 0.15) is 0 Å². The Labute approximate surface area is 87.7 Å². The van der Waals surface area contributed by atoms with Gasteiger partial charge in [0.25, 0.3) is 0 Å². The highest BCUT2D eigenvalue weighted by atomic mass is 35.5. The minimum atomic E-state index is -0.162. The second kappa shape index (κ2) is 3.76. The Morgan fingerprint density at radius 1 is 1.14 bits per heavy atom. The van der Waals surface area contributed by atoms with Crippen LogP contribution in [0, 0.1) is 0 Å². The maximum Gasteiger partial charge on any atom is 0.127 e. The van der Waals surface area contributed by atoms with Crippen molar-refractivity contribution in [2.24, 2.45) is 0 Å². The maximum absolute atomic E-state index is 9.14. The normalized spacial score (nSPS) is 20.1. The topological polar surface area (TPSA) is 23.5 Å². The molecule has 1 aliphatic heterocycles. The Kier molecular flexibility index (Phi) is 2.46. The van der Waals surface area contributed by atoms with Crippen LogP contribution in [0.25, 0.3) is 0 Å². The maximum atomic E-state index is 9.14. The predicted molar refractivity (Wildman–Crippen MR) is 58.5 cm³/mol. The number of phenols is 1. The largest absolute Gasteiger partial charge is 0.508 e. The van der Waals surface area contributed by atoms with E-state index in [1.165, 1.54) is 0 Å². The molecule has 14 heavy (non-hydrogen) atoms. The van der Waals surface area contributed by atoms with Crippen molar-refractivity contribution in [3.8, 4) is 5.75 Å². The lowest BCUT2D eigenvalue weighted by atomic mass is 10.2. The van der Waals surface area contributed by atoms with E-state index in [4.69, 9.17) is 16.7 Å². The number of hydrogen-bond acceptors (Lipinski definition) is 2. The lowest BCUT2D eigenvalue weighted by molar-refractivity contribution is 0.475. The number of alkyl halides is 1. The molecule has 1 unspecified atom stereocenters. The molecule has 0 saturated carbocycles. The van der Waals surface area contributed by atoms with E-state index in [1.54, 1.807) is 12.1 Å². The molecule has 0 radical (unpaired) electrons. The van der Waals surface area contributed by atoms with Crippen LogP contribution in [0.2, 0.25) is 0 Å². The molecule has 72 valence electrons. The first-order chi connectivity index (χ1) is 6.77. The predicted octanol–water partition coefficient (Wildman–Crippen LogP) is 2.85. The summed E-state index contributed by atoms with van der Waals surface area (Å²) >= 11 is 6.08. The Morgan fingerprint density at radius 2 is 1.86 bits per heavy atom. The van der Waals surface area contributed by atoms with Gasteiger partial charge in [0.15, 0.2) is 0 Å². The smallest absolute Gasteiger partial charge is 0.127 e. The Morgan fingerprint density at radius 3 is 2.50 bits per heavy atom. The molecule has 1 aromatic rings. The minimum absolute atomic E-state index is 0.162. The van der Waals surface area contributed by atoms with Gasteiger partial charge in [0, 0.05) is 11.9 Å². The van der Waals surface area contributed by atoms with Crippen LogP contribution in [0.3, 0.4) is 0 Å². The number of anilines is 1. The third kappa shape index (κ3) is 1.75. The van der Waals surface area contributed by atoms with Crippen molar-refractivity contribution in [3.05, 3.63) is 48.7 Å². The molecule has 1 aliphatic rings. The van der Waals surface area contributed by atoms with Crippen molar-refractivity contribution in [3.63, 3.8) is 0 Å². The second-order valence-corrected chi connectivity index (χ2v) is 3.47. The van der Waals surface area contributed by atoms with Crippen molar-refractivity contribution < 1.29 is 5.11 Å². The molecule has 3 heteroatoms. The van der Waals surface area contributed by atoms with Gasteiger partial charge in [-0.05, 0) is 36.4 Å². The van der Waals surface area contributed by atoms with Crippen LogP contribution in [0.5, 0.6) is 5.75 Å². The summed E-state index contributed by atoms with van der Waals surface area (Å²) in [5, 5.41) is 9.14. The first-order valence-corrected chi connectivity index (χ1v) is 4.77. The van der Waals surface area contributed by atoms with Crippen LogP contribution in [0.15, 0.2) is 48.7 Å². The molecule has 0 bridgehead atoms. The van der Waals surface area contributed by atoms with Gasteiger partial charge < -0.3 is 10.0 Å². The Hall–Kier alpha value is -1.41. The number of allylic oxidation sites excluding steroid dienone is 2. The van der Waals surface area contributed by atoms with Crippen molar-refractivity contribution in [1.82, 2.24) is 0 Å². The van der Waals surface area contributed by atoms with Crippen LogP contribution >= 0.6 is 11.6 Å². The number of nitrogens with zero attached hydrogens (tertiary/aromatic N) is 1. The van der Waals surface area contributed by atoms with E-state index in [9.17, 15) is 0 Å². The van der Waals surface area contributed by atoms with E-state index in [-0.39, 0.29) is 11.3 Å². The molecule has 2 rings (SSSR count). The first kappa shape index (κ1) is 9.16. The van der Waals surface area contributed by atoms with Gasteiger partial charge in [-0.15, -0.1) is 0 Å². The van der Waals surface area contributed by atoms with Crippen molar-refractivity contribution in [1.29, 1.82) is 0 Å². The van der Waals surface area contributed by atoms with E-state index in [0.717, 1.165) is 5.69 Å². The molecule has 0 saturated heterocycles. The Bertz CT molecular complexity index is 369. The zero-order chi connectivity index (χ0) is 9.97. The van der Waals surface area contributed by atoms with Gasteiger partial charge in [-0.25, -0.2) is 0 Å². The highest BCUT2D eigenvalue weighted by Gasteiger charge is 2.12. The lowest BCUT2D eigenvalue weighted by Crippen LogP contribution is -2.25. The molecule has 1 heterocycles. The number of halogens is 1. The number of hydrogen-bond donors (Lipinski definition) is 1. The van der Waals surface area contributed by atoms with Gasteiger partial charge in [-0.1, -0.05) is 17.7 Å². The quantitative estimate of drug-likeness (QED) is 0.566. The number of rotatable bonds is 1. The molecule has 0 amide bonds. The van der Waals surface area contributed by atoms with E-state index >= 15 is 0 Å². The van der Waals surface area contributed by atoms with Gasteiger partial charge >= 0.3 is 0 Å². The average Bonchev–Trinajstić information content (AvgIpc) is 2.20. The van der Waals surface area contributed by atoms with Crippen LogP contribution < -0.4 is 4.90 Å². The summed E-state index contributed by atoms with van der Waals surface area (Å²) in [5.74, 6) is 0.261. The van der Waals surface area contributed by atoms with Crippen LogP contribution in [0.4, 0.5) is 5.69 Å². The van der Waals surface area contributed by atoms with E-state index in [1.807, 2.05) is 41.5 Å². The summed E-state index contributed by atoms with van der Waals surface area (Å²) in [6, 6.07) is 6.94. The second-order valence-electron chi connectivity index (χ2n) is 3.02. The fraction of sp³-hybridized carbons (Fsp3) is 0.0909. The van der Waals surface area contributed by atoms with Crippen LogP contribution in [-0.2, 0) is 0 Å². The average molecular weight is 208 g/mol. The highest BCUT2D eigenvalue weighted by molar-refractivity contribution is 6.23. The number of benzene rings is 1. The van der Waals surface area contributed by atoms with Gasteiger partial charge in [0.2, 0.25) is 0 Å². The molecule has 0 aliphatic carbocycles. The molecule has 2 nitrogen and oxygen atoms in total. The van der Waals surface area contributed by atoms with Gasteiger partial charge in [0.1, 0.15) is 11.3 Å². The van der Waals surface area contributed by atoms with E-state index < -0.39 is 0 Å². The fourth-order valence-corrected chi connectivity index (χ4v) is 1.59. The molecule has 0 aromatic heterocycles. The number of phenolic OH excluding ortho intramolecular Hbond substituents is 1. The Balaban J connectivity index is 2.27. The van der Waals surface area contributed by atoms with Gasteiger partial charge in [-0.3, -0.25) is 0 Å². The summed E-state index contributed by atoms with van der Waals surface area (Å²) in [6.07, 6.45) is 7.64. The zero-order valence-electron chi connectivity index (χ0n) is 7.47. The molecule has 1 aromatic carbocycles. The van der Waals surface area contributed by atoms with Crippen molar-refractivity contribution in [2.75, 3.05) is 4.90 Å². The standard InChI is InChI=1S/C11H10ClNO/c12-11-3-1-2-8-13(11)9-4-6-10(14)7-5-9/h1-8,11,14H. The van der Waals surface area contributed by atoms with Gasteiger partial charge in [0.05, 0.1) is 0 Å². The van der Waals surface area contributed by atoms with E-state index in [2.05, 4.69) is 0 Å². The molecule has 1 N–H and O–H groups in total. The monoisotopic (exact) mass is 207 g/mol. The summed E-state index contributed by atoms with van der Waals surface area (Å²) in [5.41, 5.74) is 0.799. The summed E-state index contributed by atoms with van der Waals surface area (Å²) in [6.45, 7) is 0. The molecular weight excluding hydrogens is 198 g/mol. The summed E-state index contributed by atoms with van der Waals surface area (Å²) in [4.78, 5) is 1.92. The summed E-state index contributed by atoms with van der Waals surface area (Å²) in [7, 11) is 0. The molecule has 0 spiro atoms. The fourth-order valence-electron chi connectivity index (χ4n) is 1.33. The highest BCUT2D eigenvalue weighted by Crippen LogP contribution is 2.24. The lowest BCUT2D eigenvalue weighted by Gasteiger charge is -2.25. The van der Waals surface area contributed by atoms with Crippen LogP contribution in [-0.4, -0.2) is 10.6 Å². The van der Waals surface area contributed by atoms with E-state index in [0.29, 0.717) is 0 Å². The third-order valence-electron chi connectivity index (χ3n) is 2.04. The van der Waals surface area contributed by atoms with Gasteiger partial charge in [-0.2, -0.15) is 0 Å².